The van der Waals surface area contributed by atoms with E-state index in [0.29, 0.717) is 19.3 Å². The third-order valence-electron chi connectivity index (χ3n) is 14.6. The van der Waals surface area contributed by atoms with Gasteiger partial charge < -0.3 is 14.2 Å². The summed E-state index contributed by atoms with van der Waals surface area (Å²) in [7, 11) is 0. The van der Waals surface area contributed by atoms with Gasteiger partial charge in [0.1, 0.15) is 13.2 Å². The molecule has 454 valence electrons. The van der Waals surface area contributed by atoms with Gasteiger partial charge in [-0.2, -0.15) is 0 Å². The van der Waals surface area contributed by atoms with Gasteiger partial charge in [0, 0.05) is 19.3 Å². The Balaban J connectivity index is 4.17. The molecule has 1 unspecified atom stereocenters. The molecular weight excluding hydrogens is 973 g/mol. The quantitative estimate of drug-likeness (QED) is 0.0261. The van der Waals surface area contributed by atoms with Crippen LogP contribution in [0.4, 0.5) is 0 Å². The Hall–Kier alpha value is -3.67. The summed E-state index contributed by atoms with van der Waals surface area (Å²) in [5.41, 5.74) is 0. The lowest BCUT2D eigenvalue weighted by Gasteiger charge is -2.18. The predicted octanol–water partition coefficient (Wildman–Crippen LogP) is 23.2. The number of allylic oxidation sites excluding steroid dienone is 16. The maximum Gasteiger partial charge on any atom is 0.306 e. The highest BCUT2D eigenvalue weighted by atomic mass is 16.6. The molecule has 0 aromatic rings. The molecule has 0 aromatic heterocycles. The van der Waals surface area contributed by atoms with Crippen LogP contribution in [-0.2, 0) is 28.6 Å². The number of hydrogen-bond acceptors (Lipinski definition) is 6. The summed E-state index contributed by atoms with van der Waals surface area (Å²) in [5, 5.41) is 0. The summed E-state index contributed by atoms with van der Waals surface area (Å²) in [6, 6.07) is 0. The second-order valence-corrected chi connectivity index (χ2v) is 22.4. The van der Waals surface area contributed by atoms with E-state index < -0.39 is 6.10 Å². The summed E-state index contributed by atoms with van der Waals surface area (Å²) in [4.78, 5) is 38.2. The molecular formula is C73H126O6. The van der Waals surface area contributed by atoms with Crippen LogP contribution in [-0.4, -0.2) is 37.2 Å². The lowest BCUT2D eigenvalue weighted by Crippen LogP contribution is -2.30. The van der Waals surface area contributed by atoms with E-state index in [1.54, 1.807) is 0 Å². The molecule has 0 amide bonds. The predicted molar refractivity (Wildman–Crippen MR) is 344 cm³/mol. The largest absolute Gasteiger partial charge is 0.462 e. The van der Waals surface area contributed by atoms with Crippen LogP contribution in [0, 0.1) is 0 Å². The minimum absolute atomic E-state index is 0.0761. The van der Waals surface area contributed by atoms with Crippen molar-refractivity contribution in [3.05, 3.63) is 97.2 Å². The number of unbranched alkanes of at least 4 members (excludes halogenated alkanes) is 34. The molecule has 0 heterocycles. The Morgan fingerprint density at radius 1 is 0.266 bits per heavy atom. The lowest BCUT2D eigenvalue weighted by molar-refractivity contribution is -0.167. The molecule has 0 radical (unpaired) electrons. The molecule has 6 heteroatoms. The number of carbonyl (C=O) groups is 3. The molecule has 0 aliphatic carbocycles. The molecule has 0 spiro atoms. The second-order valence-electron chi connectivity index (χ2n) is 22.4. The van der Waals surface area contributed by atoms with Gasteiger partial charge in [0.15, 0.2) is 6.10 Å². The minimum atomic E-state index is -0.779. The highest BCUT2D eigenvalue weighted by Gasteiger charge is 2.19. The van der Waals surface area contributed by atoms with E-state index in [2.05, 4.69) is 118 Å². The Morgan fingerprint density at radius 2 is 0.494 bits per heavy atom. The first kappa shape index (κ1) is 75.3. The van der Waals surface area contributed by atoms with Crippen molar-refractivity contribution in [1.29, 1.82) is 0 Å². The molecule has 6 nitrogen and oxygen atoms in total. The first-order valence-corrected chi connectivity index (χ1v) is 33.7. The van der Waals surface area contributed by atoms with Crippen LogP contribution in [0.3, 0.4) is 0 Å². The van der Waals surface area contributed by atoms with Crippen molar-refractivity contribution in [3.63, 3.8) is 0 Å². The maximum absolute atomic E-state index is 12.9. The average molecular weight is 1100 g/mol. The van der Waals surface area contributed by atoms with E-state index in [9.17, 15) is 14.4 Å². The summed E-state index contributed by atoms with van der Waals surface area (Å²) >= 11 is 0. The molecule has 0 fully saturated rings. The normalized spacial score (nSPS) is 12.7. The van der Waals surface area contributed by atoms with Crippen LogP contribution in [0.1, 0.15) is 329 Å². The summed E-state index contributed by atoms with van der Waals surface area (Å²) < 4.78 is 16.9. The van der Waals surface area contributed by atoms with E-state index in [0.717, 1.165) is 103 Å². The number of esters is 3. The van der Waals surface area contributed by atoms with Gasteiger partial charge in [-0.3, -0.25) is 14.4 Å². The van der Waals surface area contributed by atoms with Crippen molar-refractivity contribution >= 4 is 17.9 Å². The Labute approximate surface area is 489 Å². The van der Waals surface area contributed by atoms with E-state index in [-0.39, 0.29) is 31.1 Å². The molecule has 1 atom stereocenters. The fourth-order valence-electron chi connectivity index (χ4n) is 9.54. The standard InChI is InChI=1S/C73H126O6/c1-4-7-10-13-16-19-21-23-25-27-29-31-32-33-34-35-36-37-38-39-40-42-43-45-47-49-51-54-57-60-63-66-72(75)78-69-70(68-77-71(74)65-62-59-56-53-18-15-12-9-6-3)79-73(76)67-64-61-58-55-52-50-48-46-44-41-30-28-26-24-22-20-17-14-11-8-5-2/h7,10,16,19,22-25,28-31,33-34,36-37,70H,4-6,8-9,11-15,17-18,20-21,26-27,32,35,38-69H2,1-3H3/b10-7-,19-16-,24-22-,25-23-,30-28-,31-29-,34-33-,37-36-. The van der Waals surface area contributed by atoms with Crippen LogP contribution in [0.15, 0.2) is 97.2 Å². The molecule has 0 rings (SSSR count). The maximum atomic E-state index is 12.9. The van der Waals surface area contributed by atoms with Crippen molar-refractivity contribution in [1.82, 2.24) is 0 Å². The third kappa shape index (κ3) is 65.0. The van der Waals surface area contributed by atoms with Crippen LogP contribution in [0.2, 0.25) is 0 Å². The van der Waals surface area contributed by atoms with Crippen molar-refractivity contribution in [2.75, 3.05) is 13.2 Å². The average Bonchev–Trinajstić information content (AvgIpc) is 3.45. The number of hydrogen-bond donors (Lipinski definition) is 0. The van der Waals surface area contributed by atoms with Crippen molar-refractivity contribution < 1.29 is 28.6 Å². The van der Waals surface area contributed by atoms with Crippen molar-refractivity contribution in [2.45, 2.75) is 335 Å². The molecule has 0 bridgehead atoms. The molecule has 0 aliphatic rings. The van der Waals surface area contributed by atoms with Crippen molar-refractivity contribution in [3.8, 4) is 0 Å². The fourth-order valence-corrected chi connectivity index (χ4v) is 9.54. The second kappa shape index (κ2) is 66.8. The highest BCUT2D eigenvalue weighted by Crippen LogP contribution is 2.17. The molecule has 0 saturated carbocycles. The van der Waals surface area contributed by atoms with E-state index >= 15 is 0 Å². The van der Waals surface area contributed by atoms with Gasteiger partial charge in [-0.25, -0.2) is 0 Å². The molecule has 0 aromatic carbocycles. The molecule has 0 saturated heterocycles. The van der Waals surface area contributed by atoms with Crippen LogP contribution < -0.4 is 0 Å². The van der Waals surface area contributed by atoms with E-state index in [4.69, 9.17) is 14.2 Å². The molecule has 79 heavy (non-hydrogen) atoms. The van der Waals surface area contributed by atoms with Gasteiger partial charge in [0.05, 0.1) is 0 Å². The smallest absolute Gasteiger partial charge is 0.306 e. The first-order valence-electron chi connectivity index (χ1n) is 33.7. The SMILES string of the molecule is CC/C=C\C/C=C\C/C=C\C/C=C\C/C=C\C/C=C\CCCCCCCCCCCCCCC(=O)OCC(COC(=O)CCCCCCCCCCC)OC(=O)CCCCCCCCCCC/C=C\C/C=C\CCCCCCC. The number of carbonyl (C=O) groups excluding carboxylic acids is 3. The van der Waals surface area contributed by atoms with Crippen LogP contribution in [0.5, 0.6) is 0 Å². The van der Waals surface area contributed by atoms with Crippen molar-refractivity contribution in [2.24, 2.45) is 0 Å². The van der Waals surface area contributed by atoms with Gasteiger partial charge in [-0.1, -0.05) is 304 Å². The first-order chi connectivity index (χ1) is 39.0. The number of rotatable bonds is 61. The van der Waals surface area contributed by atoms with E-state index in [1.165, 1.54) is 186 Å². The Morgan fingerprint density at radius 3 is 0.772 bits per heavy atom. The summed E-state index contributed by atoms with van der Waals surface area (Å²) in [6.45, 7) is 6.52. The third-order valence-corrected chi connectivity index (χ3v) is 14.6. The van der Waals surface area contributed by atoms with Gasteiger partial charge in [0.2, 0.25) is 0 Å². The summed E-state index contributed by atoms with van der Waals surface area (Å²) in [6.07, 6.45) is 90.0. The zero-order chi connectivity index (χ0) is 57.1. The fraction of sp³-hybridized carbons (Fsp3) is 0.740. The van der Waals surface area contributed by atoms with Gasteiger partial charge in [-0.05, 0) is 103 Å². The zero-order valence-corrected chi connectivity index (χ0v) is 52.1. The van der Waals surface area contributed by atoms with Gasteiger partial charge in [0.25, 0.3) is 0 Å². The van der Waals surface area contributed by atoms with Crippen LogP contribution in [0.25, 0.3) is 0 Å². The topological polar surface area (TPSA) is 78.9 Å². The van der Waals surface area contributed by atoms with E-state index in [1.807, 2.05) is 0 Å². The Kier molecular flexibility index (Phi) is 63.7. The monoisotopic (exact) mass is 1100 g/mol. The van der Waals surface area contributed by atoms with Gasteiger partial charge in [-0.15, -0.1) is 0 Å². The van der Waals surface area contributed by atoms with Crippen LogP contribution >= 0.6 is 0 Å². The molecule has 0 aliphatic heterocycles. The lowest BCUT2D eigenvalue weighted by atomic mass is 10.0. The summed E-state index contributed by atoms with van der Waals surface area (Å²) in [5.74, 6) is -0.873. The molecule has 0 N–H and O–H groups in total. The number of ether oxygens (including phenoxy) is 3. The van der Waals surface area contributed by atoms with Gasteiger partial charge >= 0.3 is 17.9 Å². The zero-order valence-electron chi connectivity index (χ0n) is 52.1. The Bertz CT molecular complexity index is 1540. The highest BCUT2D eigenvalue weighted by molar-refractivity contribution is 5.71. The minimum Gasteiger partial charge on any atom is -0.462 e.